The summed E-state index contributed by atoms with van der Waals surface area (Å²) < 4.78 is 6.93. The van der Waals surface area contributed by atoms with Crippen LogP contribution in [0.5, 0.6) is 0 Å². The first-order chi connectivity index (χ1) is 14.1. The third-order valence-electron chi connectivity index (χ3n) is 5.03. The lowest BCUT2D eigenvalue weighted by Crippen LogP contribution is -2.36. The summed E-state index contributed by atoms with van der Waals surface area (Å²) in [6, 6.07) is 14.5. The predicted octanol–water partition coefficient (Wildman–Crippen LogP) is 2.72. The molecule has 0 radical (unpaired) electrons. The normalized spacial score (nSPS) is 14.8. The van der Waals surface area contributed by atoms with Gasteiger partial charge in [0.15, 0.2) is 0 Å². The average molecular weight is 412 g/mol. The molecule has 4 rings (SSSR count). The number of hydrogen-bond acceptors (Lipinski definition) is 4. The van der Waals surface area contributed by atoms with Crippen molar-refractivity contribution in [3.8, 4) is 0 Å². The maximum Gasteiger partial charge on any atom is 0.267 e. The van der Waals surface area contributed by atoms with Crippen LogP contribution < -0.4 is 10.9 Å². The van der Waals surface area contributed by atoms with Gasteiger partial charge in [-0.15, -0.1) is 0 Å². The van der Waals surface area contributed by atoms with Crippen LogP contribution in [0.15, 0.2) is 59.5 Å². The molecule has 29 heavy (non-hydrogen) atoms. The summed E-state index contributed by atoms with van der Waals surface area (Å²) in [7, 11) is 0. The molecule has 0 spiro atoms. The molecule has 0 unspecified atom stereocenters. The number of benzene rings is 1. The lowest BCUT2D eigenvalue weighted by molar-refractivity contribution is 0.0341. The Balaban J connectivity index is 1.52. The minimum Gasteiger partial charge on any atom is -0.379 e. The Hall–Kier alpha value is -2.67. The molecule has 1 aliphatic rings. The molecule has 2 aromatic heterocycles. The number of nitrogens with one attached hydrogen (secondary N) is 1. The van der Waals surface area contributed by atoms with Gasteiger partial charge in [-0.3, -0.25) is 18.9 Å². The first-order valence-corrected chi connectivity index (χ1v) is 9.95. The van der Waals surface area contributed by atoms with Gasteiger partial charge in [-0.25, -0.2) is 0 Å². The lowest BCUT2D eigenvalue weighted by atomic mass is 10.2. The number of carbonyl (C=O) groups is 1. The zero-order valence-corrected chi connectivity index (χ0v) is 16.7. The number of rotatable bonds is 5. The van der Waals surface area contributed by atoms with Gasteiger partial charge in [-0.05, 0) is 41.5 Å². The largest absolute Gasteiger partial charge is 0.379 e. The van der Waals surface area contributed by atoms with Crippen LogP contribution in [0, 0.1) is 0 Å². The fraction of sp³-hybridized carbons (Fsp3) is 0.273. The zero-order chi connectivity index (χ0) is 20.2. The van der Waals surface area contributed by atoms with Crippen LogP contribution in [0.4, 0.5) is 0 Å². The van der Waals surface area contributed by atoms with Gasteiger partial charge in [0.1, 0.15) is 5.56 Å². The van der Waals surface area contributed by atoms with Crippen molar-refractivity contribution < 1.29 is 9.53 Å². The number of nitrogens with zero attached hydrogens (tertiary/aromatic N) is 2. The van der Waals surface area contributed by atoms with Crippen LogP contribution in [0.1, 0.15) is 21.5 Å². The van der Waals surface area contributed by atoms with Crippen molar-refractivity contribution in [3.05, 3.63) is 86.8 Å². The molecule has 1 aliphatic heterocycles. The minimum atomic E-state index is -0.391. The number of aromatic nitrogens is 1. The van der Waals surface area contributed by atoms with E-state index < -0.39 is 5.91 Å². The summed E-state index contributed by atoms with van der Waals surface area (Å²) in [4.78, 5) is 27.8. The molecule has 0 saturated carbocycles. The van der Waals surface area contributed by atoms with Crippen molar-refractivity contribution in [2.45, 2.75) is 13.1 Å². The van der Waals surface area contributed by atoms with E-state index in [4.69, 9.17) is 16.3 Å². The van der Waals surface area contributed by atoms with E-state index in [0.717, 1.165) is 49.5 Å². The summed E-state index contributed by atoms with van der Waals surface area (Å²) >= 11 is 5.88. The summed E-state index contributed by atoms with van der Waals surface area (Å²) in [5, 5.41) is 3.44. The smallest absolute Gasteiger partial charge is 0.267 e. The van der Waals surface area contributed by atoms with E-state index in [0.29, 0.717) is 11.6 Å². The SMILES string of the molecule is O=C(NCc1ccc(Cl)cc1)c1ccc2ccc(CN3CCOCC3)cn2c1=O. The highest BCUT2D eigenvalue weighted by Gasteiger charge is 2.14. The number of morpholine rings is 1. The first-order valence-electron chi connectivity index (χ1n) is 9.57. The standard InChI is InChI=1S/C22H22ClN3O3/c23-18-4-1-16(2-5-18)13-24-21(27)20-8-7-19-6-3-17(15-26(19)22(20)28)14-25-9-11-29-12-10-25/h1-8,15H,9-14H2,(H,24,27). The number of pyridine rings is 2. The van der Waals surface area contributed by atoms with Gasteiger partial charge in [-0.2, -0.15) is 0 Å². The number of fused-ring (bicyclic) bond motifs is 1. The van der Waals surface area contributed by atoms with Crippen LogP contribution in [0.25, 0.3) is 5.52 Å². The minimum absolute atomic E-state index is 0.125. The Labute approximate surface area is 173 Å². The summed E-state index contributed by atoms with van der Waals surface area (Å²) in [5.74, 6) is -0.391. The lowest BCUT2D eigenvalue weighted by Gasteiger charge is -2.26. The molecule has 1 N–H and O–H groups in total. The molecule has 6 nitrogen and oxygen atoms in total. The zero-order valence-electron chi connectivity index (χ0n) is 15.9. The molecule has 0 bridgehead atoms. The maximum absolute atomic E-state index is 12.9. The van der Waals surface area contributed by atoms with Gasteiger partial charge in [0.25, 0.3) is 11.5 Å². The summed E-state index contributed by atoms with van der Waals surface area (Å²) in [6.45, 7) is 4.28. The van der Waals surface area contributed by atoms with E-state index in [1.54, 1.807) is 28.7 Å². The van der Waals surface area contributed by atoms with Crippen LogP contribution in [0.3, 0.4) is 0 Å². The highest BCUT2D eigenvalue weighted by molar-refractivity contribution is 6.30. The second-order valence-corrected chi connectivity index (χ2v) is 7.52. The number of carbonyl (C=O) groups excluding carboxylic acids is 1. The second kappa shape index (κ2) is 8.78. The van der Waals surface area contributed by atoms with Gasteiger partial charge < -0.3 is 10.1 Å². The molecule has 3 heterocycles. The molecule has 1 aromatic carbocycles. The Kier molecular flexibility index (Phi) is 5.94. The Morgan fingerprint density at radius 1 is 1.00 bits per heavy atom. The molecular weight excluding hydrogens is 390 g/mol. The number of ether oxygens (including phenoxy) is 1. The van der Waals surface area contributed by atoms with Crippen molar-refractivity contribution >= 4 is 23.0 Å². The van der Waals surface area contributed by atoms with E-state index in [9.17, 15) is 9.59 Å². The molecule has 0 atom stereocenters. The Bertz CT molecular complexity index is 1070. The summed E-state index contributed by atoms with van der Waals surface area (Å²) in [6.07, 6.45) is 1.82. The fourth-order valence-corrected chi connectivity index (χ4v) is 3.53. The van der Waals surface area contributed by atoms with E-state index in [1.807, 2.05) is 30.5 Å². The number of hydrogen-bond donors (Lipinski definition) is 1. The molecule has 1 amide bonds. The third-order valence-corrected chi connectivity index (χ3v) is 5.28. The molecule has 3 aromatic rings. The first kappa shape index (κ1) is 19.6. The average Bonchev–Trinajstić information content (AvgIpc) is 2.74. The molecule has 0 aliphatic carbocycles. The van der Waals surface area contributed by atoms with Crippen LogP contribution in [-0.2, 0) is 17.8 Å². The van der Waals surface area contributed by atoms with Gasteiger partial charge in [0.05, 0.1) is 13.2 Å². The topological polar surface area (TPSA) is 63.1 Å². The van der Waals surface area contributed by atoms with Gasteiger partial charge in [0, 0.05) is 42.9 Å². The molecule has 1 saturated heterocycles. The van der Waals surface area contributed by atoms with Crippen LogP contribution >= 0.6 is 11.6 Å². The number of halogens is 1. The van der Waals surface area contributed by atoms with Crippen LogP contribution in [-0.4, -0.2) is 41.5 Å². The maximum atomic E-state index is 12.9. The van der Waals surface area contributed by atoms with Gasteiger partial charge >= 0.3 is 0 Å². The third kappa shape index (κ3) is 4.67. The number of amides is 1. The fourth-order valence-electron chi connectivity index (χ4n) is 3.40. The predicted molar refractivity (Wildman–Crippen MR) is 112 cm³/mol. The Morgan fingerprint density at radius 3 is 2.45 bits per heavy atom. The Morgan fingerprint density at radius 2 is 1.69 bits per heavy atom. The summed E-state index contributed by atoms with van der Waals surface area (Å²) in [5.41, 5.74) is 2.51. The highest BCUT2D eigenvalue weighted by Crippen LogP contribution is 2.11. The van der Waals surface area contributed by atoms with Crippen molar-refractivity contribution in [2.75, 3.05) is 26.3 Å². The van der Waals surface area contributed by atoms with E-state index in [2.05, 4.69) is 10.2 Å². The van der Waals surface area contributed by atoms with E-state index in [-0.39, 0.29) is 11.1 Å². The van der Waals surface area contributed by atoms with Gasteiger partial charge in [0.2, 0.25) is 0 Å². The van der Waals surface area contributed by atoms with Crippen molar-refractivity contribution in [1.82, 2.24) is 14.6 Å². The quantitative estimate of drug-likeness (QED) is 0.701. The van der Waals surface area contributed by atoms with E-state index >= 15 is 0 Å². The van der Waals surface area contributed by atoms with Crippen LogP contribution in [0.2, 0.25) is 5.02 Å². The van der Waals surface area contributed by atoms with Crippen molar-refractivity contribution in [2.24, 2.45) is 0 Å². The molecule has 7 heteroatoms. The molecular formula is C22H22ClN3O3. The molecule has 150 valence electrons. The van der Waals surface area contributed by atoms with Crippen molar-refractivity contribution in [3.63, 3.8) is 0 Å². The monoisotopic (exact) mass is 411 g/mol. The van der Waals surface area contributed by atoms with E-state index in [1.165, 1.54) is 0 Å². The second-order valence-electron chi connectivity index (χ2n) is 7.08. The van der Waals surface area contributed by atoms with Crippen molar-refractivity contribution in [1.29, 1.82) is 0 Å². The highest BCUT2D eigenvalue weighted by atomic mass is 35.5. The van der Waals surface area contributed by atoms with Gasteiger partial charge in [-0.1, -0.05) is 29.8 Å². The molecule has 1 fully saturated rings.